The highest BCUT2D eigenvalue weighted by Crippen LogP contribution is 2.26. The van der Waals surface area contributed by atoms with Crippen LogP contribution >= 0.6 is 11.6 Å². The van der Waals surface area contributed by atoms with Gasteiger partial charge in [0.2, 0.25) is 0 Å². The zero-order valence-electron chi connectivity index (χ0n) is 8.09. The normalized spacial score (nSPS) is 10.1. The number of pyridine rings is 2. The first-order valence-corrected chi connectivity index (χ1v) is 4.85. The van der Waals surface area contributed by atoms with E-state index in [1.54, 1.807) is 24.5 Å². The van der Waals surface area contributed by atoms with Crippen LogP contribution < -0.4 is 0 Å². The highest BCUT2D eigenvalue weighted by molar-refractivity contribution is 6.32. The van der Waals surface area contributed by atoms with Crippen molar-refractivity contribution >= 4 is 17.6 Å². The van der Waals surface area contributed by atoms with Gasteiger partial charge in [-0.1, -0.05) is 17.7 Å². The van der Waals surface area contributed by atoms with E-state index in [0.717, 1.165) is 5.56 Å². The Morgan fingerprint density at radius 3 is 2.81 bits per heavy atom. The summed E-state index contributed by atoms with van der Waals surface area (Å²) in [5.74, 6) is -1.03. The van der Waals surface area contributed by atoms with Crippen molar-refractivity contribution in [3.05, 3.63) is 47.5 Å². The molecule has 1 N–H and O–H groups in total. The molecule has 2 heterocycles. The van der Waals surface area contributed by atoms with E-state index in [1.165, 1.54) is 12.3 Å². The lowest BCUT2D eigenvalue weighted by atomic mass is 10.1. The molecular formula is C11H7ClN2O2. The van der Waals surface area contributed by atoms with Crippen LogP contribution in [0.25, 0.3) is 11.1 Å². The fourth-order valence-electron chi connectivity index (χ4n) is 1.29. The maximum absolute atomic E-state index is 10.8. The number of carbonyl (C=O) groups is 1. The maximum Gasteiger partial charge on any atom is 0.337 e. The summed E-state index contributed by atoms with van der Waals surface area (Å²) in [5.41, 5.74) is 1.40. The summed E-state index contributed by atoms with van der Waals surface area (Å²) in [6.45, 7) is 0. The third-order valence-corrected chi connectivity index (χ3v) is 2.36. The van der Waals surface area contributed by atoms with Crippen molar-refractivity contribution in [2.75, 3.05) is 0 Å². The topological polar surface area (TPSA) is 63.1 Å². The van der Waals surface area contributed by atoms with Crippen LogP contribution in [0.5, 0.6) is 0 Å². The quantitative estimate of drug-likeness (QED) is 0.811. The zero-order valence-corrected chi connectivity index (χ0v) is 8.85. The van der Waals surface area contributed by atoms with Crippen LogP contribution in [0.4, 0.5) is 0 Å². The third-order valence-electron chi connectivity index (χ3n) is 2.06. The number of aromatic carboxylic acids is 1. The molecule has 2 rings (SSSR count). The molecule has 0 amide bonds. The van der Waals surface area contributed by atoms with E-state index in [0.29, 0.717) is 5.56 Å². The molecule has 80 valence electrons. The SMILES string of the molecule is O=C(O)c1cnc(Cl)c(-c2cccnc2)c1. The number of hydrogen-bond acceptors (Lipinski definition) is 3. The maximum atomic E-state index is 10.8. The van der Waals surface area contributed by atoms with Gasteiger partial charge >= 0.3 is 5.97 Å². The van der Waals surface area contributed by atoms with Crippen LogP contribution in [0.3, 0.4) is 0 Å². The average Bonchev–Trinajstić information content (AvgIpc) is 2.30. The van der Waals surface area contributed by atoms with Crippen LogP contribution in [0.2, 0.25) is 5.15 Å². The van der Waals surface area contributed by atoms with E-state index < -0.39 is 5.97 Å². The fraction of sp³-hybridized carbons (Fsp3) is 0. The Bertz CT molecular complexity index is 529. The monoisotopic (exact) mass is 234 g/mol. The molecule has 4 nitrogen and oxygen atoms in total. The Morgan fingerprint density at radius 1 is 1.38 bits per heavy atom. The molecule has 2 aromatic rings. The van der Waals surface area contributed by atoms with Crippen molar-refractivity contribution in [1.29, 1.82) is 0 Å². The Morgan fingerprint density at radius 2 is 2.19 bits per heavy atom. The highest BCUT2D eigenvalue weighted by atomic mass is 35.5. The summed E-state index contributed by atoms with van der Waals surface area (Å²) in [5, 5.41) is 9.11. The van der Waals surface area contributed by atoms with Crippen LogP contribution in [-0.4, -0.2) is 21.0 Å². The molecule has 16 heavy (non-hydrogen) atoms. The van der Waals surface area contributed by atoms with Crippen LogP contribution in [0.1, 0.15) is 10.4 Å². The number of aromatic nitrogens is 2. The number of nitrogens with zero attached hydrogens (tertiary/aromatic N) is 2. The fourth-order valence-corrected chi connectivity index (χ4v) is 1.50. The van der Waals surface area contributed by atoms with Gasteiger partial charge in [-0.25, -0.2) is 9.78 Å². The number of carboxylic acids is 1. The molecule has 5 heteroatoms. The number of halogens is 1. The molecule has 0 saturated carbocycles. The van der Waals surface area contributed by atoms with Crippen molar-refractivity contribution in [2.45, 2.75) is 0 Å². The summed E-state index contributed by atoms with van der Waals surface area (Å²) in [6, 6.07) is 5.02. The molecule has 0 radical (unpaired) electrons. The van der Waals surface area contributed by atoms with Crippen LogP contribution in [0, 0.1) is 0 Å². The van der Waals surface area contributed by atoms with Gasteiger partial charge in [0.25, 0.3) is 0 Å². The average molecular weight is 235 g/mol. The summed E-state index contributed by atoms with van der Waals surface area (Å²) in [7, 11) is 0. The molecule has 0 spiro atoms. The van der Waals surface area contributed by atoms with E-state index in [4.69, 9.17) is 16.7 Å². The van der Waals surface area contributed by atoms with E-state index in [-0.39, 0.29) is 10.7 Å². The first-order chi connectivity index (χ1) is 7.68. The molecule has 0 atom stereocenters. The van der Waals surface area contributed by atoms with E-state index in [2.05, 4.69) is 9.97 Å². The minimum atomic E-state index is -1.03. The minimum Gasteiger partial charge on any atom is -0.478 e. The minimum absolute atomic E-state index is 0.100. The van der Waals surface area contributed by atoms with Gasteiger partial charge in [0.05, 0.1) is 5.56 Å². The predicted molar refractivity (Wildman–Crippen MR) is 59.4 cm³/mol. The molecule has 0 bridgehead atoms. The van der Waals surface area contributed by atoms with Crippen molar-refractivity contribution in [3.8, 4) is 11.1 Å². The molecule has 0 aliphatic rings. The van der Waals surface area contributed by atoms with Gasteiger partial charge in [-0.2, -0.15) is 0 Å². The van der Waals surface area contributed by atoms with Crippen molar-refractivity contribution in [1.82, 2.24) is 9.97 Å². The molecule has 0 fully saturated rings. The molecule has 0 aliphatic carbocycles. The van der Waals surface area contributed by atoms with Gasteiger partial charge in [0, 0.05) is 29.7 Å². The van der Waals surface area contributed by atoms with Crippen molar-refractivity contribution in [2.24, 2.45) is 0 Å². The summed E-state index contributed by atoms with van der Waals surface area (Å²) in [6.07, 6.45) is 4.46. The first kappa shape index (κ1) is 10.6. The molecule has 0 unspecified atom stereocenters. The highest BCUT2D eigenvalue weighted by Gasteiger charge is 2.10. The van der Waals surface area contributed by atoms with Gasteiger partial charge in [-0.15, -0.1) is 0 Å². The number of carboxylic acid groups (broad SMARTS) is 1. The molecule has 0 aromatic carbocycles. The smallest absolute Gasteiger partial charge is 0.337 e. The van der Waals surface area contributed by atoms with E-state index >= 15 is 0 Å². The number of rotatable bonds is 2. The third kappa shape index (κ3) is 2.01. The lowest BCUT2D eigenvalue weighted by Crippen LogP contribution is -1.98. The molecule has 2 aromatic heterocycles. The van der Waals surface area contributed by atoms with Crippen LogP contribution in [0.15, 0.2) is 36.8 Å². The lowest BCUT2D eigenvalue weighted by molar-refractivity contribution is 0.0696. The second-order valence-corrected chi connectivity index (χ2v) is 3.47. The second kappa shape index (κ2) is 4.28. The van der Waals surface area contributed by atoms with Crippen molar-refractivity contribution in [3.63, 3.8) is 0 Å². The summed E-state index contributed by atoms with van der Waals surface area (Å²) < 4.78 is 0. The summed E-state index contributed by atoms with van der Waals surface area (Å²) in [4.78, 5) is 18.6. The Balaban J connectivity index is 2.56. The van der Waals surface area contributed by atoms with Gasteiger partial charge in [-0.05, 0) is 12.1 Å². The van der Waals surface area contributed by atoms with Gasteiger partial charge in [-0.3, -0.25) is 4.98 Å². The lowest BCUT2D eigenvalue weighted by Gasteiger charge is -2.04. The Hall–Kier alpha value is -1.94. The first-order valence-electron chi connectivity index (χ1n) is 4.47. The van der Waals surface area contributed by atoms with E-state index in [1.807, 2.05) is 0 Å². The van der Waals surface area contributed by atoms with Gasteiger partial charge in [0.15, 0.2) is 0 Å². The Kier molecular flexibility index (Phi) is 2.83. The van der Waals surface area contributed by atoms with E-state index in [9.17, 15) is 4.79 Å². The largest absolute Gasteiger partial charge is 0.478 e. The standard InChI is InChI=1S/C11H7ClN2O2/c12-10-9(7-2-1-3-13-5-7)4-8(6-14-10)11(15)16/h1-6H,(H,15,16). The summed E-state index contributed by atoms with van der Waals surface area (Å²) >= 11 is 5.90. The molecule has 0 saturated heterocycles. The van der Waals surface area contributed by atoms with Crippen LogP contribution in [-0.2, 0) is 0 Å². The Labute approximate surface area is 96.6 Å². The molecular weight excluding hydrogens is 228 g/mol. The number of hydrogen-bond donors (Lipinski definition) is 1. The van der Waals surface area contributed by atoms with Crippen molar-refractivity contribution < 1.29 is 9.90 Å². The molecule has 0 aliphatic heterocycles. The van der Waals surface area contributed by atoms with Gasteiger partial charge < -0.3 is 5.11 Å². The predicted octanol–water partition coefficient (Wildman–Crippen LogP) is 2.50. The van der Waals surface area contributed by atoms with Gasteiger partial charge in [0.1, 0.15) is 5.15 Å². The second-order valence-electron chi connectivity index (χ2n) is 3.11. The zero-order chi connectivity index (χ0) is 11.5.